The Morgan fingerprint density at radius 1 is 1.53 bits per heavy atom. The topological polar surface area (TPSA) is 9.23 Å². The third-order valence-corrected chi connectivity index (χ3v) is 3.55. The predicted molar refractivity (Wildman–Crippen MR) is 62.1 cm³/mol. The third-order valence-electron chi connectivity index (χ3n) is 2.57. The van der Waals surface area contributed by atoms with Crippen molar-refractivity contribution in [1.29, 1.82) is 0 Å². The van der Waals surface area contributed by atoms with E-state index >= 15 is 0 Å². The van der Waals surface area contributed by atoms with E-state index in [4.69, 9.17) is 16.3 Å². The Morgan fingerprint density at radius 3 is 2.87 bits per heavy atom. The maximum absolute atomic E-state index is 13.5. The monoisotopic (exact) mass is 292 g/mol. The molecule has 1 nitrogen and oxygen atoms in total. The highest BCUT2D eigenvalue weighted by Gasteiger charge is 2.29. The maximum Gasteiger partial charge on any atom is 0.159 e. The summed E-state index contributed by atoms with van der Waals surface area (Å²) < 4.78 is 19.6. The van der Waals surface area contributed by atoms with Crippen LogP contribution in [0.5, 0.6) is 5.75 Å². The Balaban J connectivity index is 2.55. The van der Waals surface area contributed by atoms with Crippen molar-refractivity contribution in [3.63, 3.8) is 0 Å². The molecule has 0 saturated heterocycles. The number of fused-ring (bicyclic) bond motifs is 1. The zero-order chi connectivity index (χ0) is 11.2. The first kappa shape index (κ1) is 11.2. The van der Waals surface area contributed by atoms with Crippen LogP contribution in [0.4, 0.5) is 4.39 Å². The van der Waals surface area contributed by atoms with Crippen LogP contribution in [0.3, 0.4) is 0 Å². The molecular formula is C11H11BrClFO. The molecule has 0 N–H and O–H groups in total. The molecule has 0 amide bonds. The molecule has 0 spiro atoms. The van der Waals surface area contributed by atoms with Gasteiger partial charge in [-0.2, -0.15) is 0 Å². The fourth-order valence-electron chi connectivity index (χ4n) is 1.69. The van der Waals surface area contributed by atoms with Gasteiger partial charge in [-0.05, 0) is 54.2 Å². The first-order chi connectivity index (χ1) is 6.91. The van der Waals surface area contributed by atoms with Crippen molar-refractivity contribution in [2.45, 2.75) is 32.3 Å². The van der Waals surface area contributed by atoms with Crippen LogP contribution in [0.15, 0.2) is 10.5 Å². The number of aryl methyl sites for hydroxylation is 1. The Labute approximate surface area is 102 Å². The number of rotatable bonds is 0. The van der Waals surface area contributed by atoms with Gasteiger partial charge in [0.2, 0.25) is 0 Å². The van der Waals surface area contributed by atoms with Crippen LogP contribution in [0.25, 0.3) is 0 Å². The van der Waals surface area contributed by atoms with Gasteiger partial charge in [-0.25, -0.2) is 4.39 Å². The van der Waals surface area contributed by atoms with Gasteiger partial charge >= 0.3 is 0 Å². The maximum atomic E-state index is 13.5. The van der Waals surface area contributed by atoms with E-state index in [0.717, 1.165) is 18.4 Å². The minimum Gasteiger partial charge on any atom is -0.486 e. The van der Waals surface area contributed by atoms with Crippen LogP contribution in [0.2, 0.25) is 5.02 Å². The molecule has 0 aromatic heterocycles. The van der Waals surface area contributed by atoms with Crippen molar-refractivity contribution < 1.29 is 9.13 Å². The minimum absolute atomic E-state index is 0.143. The summed E-state index contributed by atoms with van der Waals surface area (Å²) in [6.07, 6.45) is 1.77. The summed E-state index contributed by atoms with van der Waals surface area (Å²) in [4.78, 5) is 0. The molecule has 0 unspecified atom stereocenters. The average molecular weight is 294 g/mol. The standard InChI is InChI=1S/C11H11BrClFO/c1-11(2)4-3-6-5-7(13)9(14)8(12)10(6)15-11/h5H,3-4H2,1-2H3. The van der Waals surface area contributed by atoms with Gasteiger partial charge in [0.1, 0.15) is 11.4 Å². The summed E-state index contributed by atoms with van der Waals surface area (Å²) in [6, 6.07) is 1.65. The smallest absolute Gasteiger partial charge is 0.159 e. The first-order valence-electron chi connectivity index (χ1n) is 4.76. The van der Waals surface area contributed by atoms with Gasteiger partial charge in [0, 0.05) is 0 Å². The lowest BCUT2D eigenvalue weighted by molar-refractivity contribution is 0.0830. The van der Waals surface area contributed by atoms with Gasteiger partial charge in [-0.1, -0.05) is 11.6 Å². The van der Waals surface area contributed by atoms with Crippen LogP contribution in [0, 0.1) is 5.82 Å². The van der Waals surface area contributed by atoms with Crippen molar-refractivity contribution in [3.05, 3.63) is 26.9 Å². The van der Waals surface area contributed by atoms with E-state index in [2.05, 4.69) is 15.9 Å². The van der Waals surface area contributed by atoms with Crippen LogP contribution in [-0.4, -0.2) is 5.60 Å². The van der Waals surface area contributed by atoms with Crippen LogP contribution < -0.4 is 4.74 Å². The predicted octanol–water partition coefficient (Wildman–Crippen LogP) is 4.35. The highest BCUT2D eigenvalue weighted by atomic mass is 79.9. The van der Waals surface area contributed by atoms with Crippen molar-refractivity contribution in [2.24, 2.45) is 0 Å². The summed E-state index contributed by atoms with van der Waals surface area (Å²) in [7, 11) is 0. The largest absolute Gasteiger partial charge is 0.486 e. The summed E-state index contributed by atoms with van der Waals surface area (Å²) in [5, 5.41) is 0.143. The molecule has 0 bridgehead atoms. The summed E-state index contributed by atoms with van der Waals surface area (Å²) in [5.74, 6) is 0.140. The van der Waals surface area contributed by atoms with Crippen molar-refractivity contribution in [1.82, 2.24) is 0 Å². The van der Waals surface area contributed by atoms with E-state index in [-0.39, 0.29) is 10.6 Å². The number of ether oxygens (including phenoxy) is 1. The van der Waals surface area contributed by atoms with E-state index in [1.165, 1.54) is 0 Å². The van der Waals surface area contributed by atoms with E-state index in [1.807, 2.05) is 13.8 Å². The summed E-state index contributed by atoms with van der Waals surface area (Å²) in [5.41, 5.74) is 0.725. The second kappa shape index (κ2) is 3.63. The second-order valence-corrected chi connectivity index (χ2v) is 5.54. The molecule has 4 heteroatoms. The van der Waals surface area contributed by atoms with Gasteiger partial charge in [-0.15, -0.1) is 0 Å². The second-order valence-electron chi connectivity index (χ2n) is 4.34. The van der Waals surface area contributed by atoms with Crippen molar-refractivity contribution >= 4 is 27.5 Å². The Bertz CT molecular complexity index is 418. The number of hydrogen-bond donors (Lipinski definition) is 0. The van der Waals surface area contributed by atoms with Crippen LogP contribution in [0.1, 0.15) is 25.8 Å². The lowest BCUT2D eigenvalue weighted by Crippen LogP contribution is -2.32. The minimum atomic E-state index is -0.451. The Morgan fingerprint density at radius 2 is 2.20 bits per heavy atom. The number of benzene rings is 1. The molecule has 1 aromatic rings. The van der Waals surface area contributed by atoms with E-state index in [1.54, 1.807) is 6.07 Å². The molecule has 0 atom stereocenters. The Kier molecular flexibility index (Phi) is 2.72. The molecule has 0 fully saturated rings. The zero-order valence-corrected chi connectivity index (χ0v) is 10.9. The molecule has 1 aliphatic rings. The van der Waals surface area contributed by atoms with Gasteiger partial charge in [0.05, 0.1) is 9.50 Å². The van der Waals surface area contributed by atoms with Gasteiger partial charge < -0.3 is 4.74 Å². The van der Waals surface area contributed by atoms with Crippen molar-refractivity contribution in [3.8, 4) is 5.75 Å². The lowest BCUT2D eigenvalue weighted by Gasteiger charge is -2.33. The molecule has 0 aliphatic carbocycles. The van der Waals surface area contributed by atoms with E-state index in [9.17, 15) is 4.39 Å². The van der Waals surface area contributed by atoms with Crippen molar-refractivity contribution in [2.75, 3.05) is 0 Å². The van der Waals surface area contributed by atoms with Gasteiger partial charge in [0.15, 0.2) is 5.82 Å². The lowest BCUT2D eigenvalue weighted by atomic mass is 9.94. The fourth-order valence-corrected chi connectivity index (χ4v) is 2.58. The first-order valence-corrected chi connectivity index (χ1v) is 5.93. The normalized spacial score (nSPS) is 18.2. The molecule has 1 heterocycles. The SMILES string of the molecule is CC1(C)CCc2cc(Cl)c(F)c(Br)c2O1. The average Bonchev–Trinajstić information content (AvgIpc) is 2.16. The molecule has 1 aliphatic heterocycles. The molecule has 0 radical (unpaired) electrons. The number of halogens is 3. The van der Waals surface area contributed by atoms with E-state index in [0.29, 0.717) is 10.2 Å². The van der Waals surface area contributed by atoms with Crippen LogP contribution >= 0.6 is 27.5 Å². The zero-order valence-electron chi connectivity index (χ0n) is 8.53. The fraction of sp³-hybridized carbons (Fsp3) is 0.455. The number of hydrogen-bond acceptors (Lipinski definition) is 1. The van der Waals surface area contributed by atoms with E-state index < -0.39 is 5.82 Å². The van der Waals surface area contributed by atoms with Gasteiger partial charge in [0.25, 0.3) is 0 Å². The molecule has 82 valence electrons. The highest BCUT2D eigenvalue weighted by molar-refractivity contribution is 9.10. The molecule has 1 aromatic carbocycles. The van der Waals surface area contributed by atoms with Crippen LogP contribution in [-0.2, 0) is 6.42 Å². The molecular weight excluding hydrogens is 282 g/mol. The molecule has 2 rings (SSSR count). The molecule has 15 heavy (non-hydrogen) atoms. The van der Waals surface area contributed by atoms with Gasteiger partial charge in [-0.3, -0.25) is 0 Å². The summed E-state index contributed by atoms with van der Waals surface area (Å²) in [6.45, 7) is 3.99. The summed E-state index contributed by atoms with van der Waals surface area (Å²) >= 11 is 8.95. The Hall–Kier alpha value is -0.280. The molecule has 0 saturated carbocycles. The highest BCUT2D eigenvalue weighted by Crippen LogP contribution is 2.42. The third kappa shape index (κ3) is 2.00. The quantitative estimate of drug-likeness (QED) is 0.646.